The Bertz CT molecular complexity index is 1220. The van der Waals surface area contributed by atoms with Gasteiger partial charge in [0.05, 0.1) is 19.1 Å². The van der Waals surface area contributed by atoms with E-state index in [1.165, 1.54) is 17.0 Å². The Kier molecular flexibility index (Phi) is 10.8. The Morgan fingerprint density at radius 2 is 1.72 bits per heavy atom. The van der Waals surface area contributed by atoms with Gasteiger partial charge in [-0.05, 0) is 74.9 Å². The number of anilines is 1. The summed E-state index contributed by atoms with van der Waals surface area (Å²) in [6.07, 6.45) is 6.95. The molecule has 1 atom stereocenters. The second-order valence-corrected chi connectivity index (χ2v) is 12.5. The standard InChI is InChI=1S/C30H43N3O5S/c1-22-13-14-23(2)28(20-22)33(39(5,36)37)19-9-12-29(34)32(21-25-15-17-27(38-4)18-16-25)24(3)30(35)31-26-10-7-6-8-11-26/h13-18,20,24,26H,6-12,19,21H2,1-5H3,(H,31,35). The van der Waals surface area contributed by atoms with Gasteiger partial charge in [0.15, 0.2) is 0 Å². The zero-order chi connectivity index (χ0) is 28.6. The number of nitrogens with zero attached hydrogens (tertiary/aromatic N) is 2. The SMILES string of the molecule is COc1ccc(CN(C(=O)CCCN(c2cc(C)ccc2C)S(C)(=O)=O)C(C)C(=O)NC2CCCCC2)cc1. The average molecular weight is 558 g/mol. The maximum absolute atomic E-state index is 13.6. The van der Waals surface area contributed by atoms with E-state index in [-0.39, 0.29) is 37.4 Å². The van der Waals surface area contributed by atoms with Gasteiger partial charge < -0.3 is 15.0 Å². The number of carbonyl (C=O) groups is 2. The fourth-order valence-electron chi connectivity index (χ4n) is 5.05. The first-order valence-corrected chi connectivity index (χ1v) is 15.6. The van der Waals surface area contributed by atoms with Gasteiger partial charge in [0.2, 0.25) is 21.8 Å². The van der Waals surface area contributed by atoms with Gasteiger partial charge in [0.1, 0.15) is 11.8 Å². The third-order valence-corrected chi connectivity index (χ3v) is 8.60. The van der Waals surface area contributed by atoms with Crippen LogP contribution in [0.15, 0.2) is 42.5 Å². The smallest absolute Gasteiger partial charge is 0.242 e. The fraction of sp³-hybridized carbons (Fsp3) is 0.533. The molecule has 1 aliphatic rings. The van der Waals surface area contributed by atoms with Crippen molar-refractivity contribution in [1.29, 1.82) is 0 Å². The number of methoxy groups -OCH3 is 1. The molecule has 2 aromatic carbocycles. The third-order valence-electron chi connectivity index (χ3n) is 7.42. The second-order valence-electron chi connectivity index (χ2n) is 10.6. The van der Waals surface area contributed by atoms with Gasteiger partial charge >= 0.3 is 0 Å². The van der Waals surface area contributed by atoms with Gasteiger partial charge in [0.25, 0.3) is 0 Å². The summed E-state index contributed by atoms with van der Waals surface area (Å²) in [6.45, 7) is 6.01. The molecule has 1 fully saturated rings. The van der Waals surface area contributed by atoms with E-state index in [0.29, 0.717) is 17.9 Å². The number of hydrogen-bond acceptors (Lipinski definition) is 5. The Morgan fingerprint density at radius 3 is 2.33 bits per heavy atom. The van der Waals surface area contributed by atoms with Crippen LogP contribution in [0.2, 0.25) is 0 Å². The van der Waals surface area contributed by atoms with Crippen molar-refractivity contribution in [2.45, 2.75) is 84.3 Å². The van der Waals surface area contributed by atoms with Crippen molar-refractivity contribution in [3.8, 4) is 5.75 Å². The average Bonchev–Trinajstić information content (AvgIpc) is 2.91. The van der Waals surface area contributed by atoms with Crippen LogP contribution in [0.5, 0.6) is 5.75 Å². The Hall–Kier alpha value is -3.07. The molecule has 9 heteroatoms. The number of aryl methyl sites for hydroxylation is 2. The molecule has 0 radical (unpaired) electrons. The number of carbonyl (C=O) groups excluding carboxylic acids is 2. The van der Waals surface area contributed by atoms with Crippen LogP contribution in [0.1, 0.15) is 68.6 Å². The zero-order valence-electron chi connectivity index (χ0n) is 23.9. The van der Waals surface area contributed by atoms with Crippen molar-refractivity contribution < 1.29 is 22.7 Å². The predicted molar refractivity (Wildman–Crippen MR) is 155 cm³/mol. The number of rotatable bonds is 12. The van der Waals surface area contributed by atoms with Crippen molar-refractivity contribution in [2.24, 2.45) is 0 Å². The summed E-state index contributed by atoms with van der Waals surface area (Å²) in [7, 11) is -1.95. The number of nitrogens with one attached hydrogen (secondary N) is 1. The van der Waals surface area contributed by atoms with Gasteiger partial charge in [-0.25, -0.2) is 8.42 Å². The predicted octanol–water partition coefficient (Wildman–Crippen LogP) is 4.72. The summed E-state index contributed by atoms with van der Waals surface area (Å²) in [5, 5.41) is 3.14. The molecule has 0 saturated heterocycles. The zero-order valence-corrected chi connectivity index (χ0v) is 24.7. The largest absolute Gasteiger partial charge is 0.497 e. The molecule has 8 nitrogen and oxygen atoms in total. The van der Waals surface area contributed by atoms with Gasteiger partial charge in [0, 0.05) is 25.6 Å². The molecule has 214 valence electrons. The fourth-order valence-corrected chi connectivity index (χ4v) is 6.06. The lowest BCUT2D eigenvalue weighted by atomic mass is 9.95. The van der Waals surface area contributed by atoms with Crippen LogP contribution < -0.4 is 14.4 Å². The highest BCUT2D eigenvalue weighted by atomic mass is 32.2. The molecule has 1 N–H and O–H groups in total. The molecule has 0 bridgehead atoms. The van der Waals surface area contributed by atoms with Crippen LogP contribution in [0, 0.1) is 13.8 Å². The van der Waals surface area contributed by atoms with Gasteiger partial charge in [-0.1, -0.05) is 43.5 Å². The van der Waals surface area contributed by atoms with Crippen LogP contribution in [-0.2, 0) is 26.2 Å². The Labute approximate surface area is 233 Å². The maximum atomic E-state index is 13.6. The minimum Gasteiger partial charge on any atom is -0.497 e. The summed E-state index contributed by atoms with van der Waals surface area (Å²) in [4.78, 5) is 28.4. The molecule has 1 unspecified atom stereocenters. The molecular formula is C30H43N3O5S. The van der Waals surface area contributed by atoms with Crippen LogP contribution in [0.3, 0.4) is 0 Å². The molecule has 1 aliphatic carbocycles. The first-order valence-electron chi connectivity index (χ1n) is 13.8. The highest BCUT2D eigenvalue weighted by molar-refractivity contribution is 7.92. The van der Waals surface area contributed by atoms with E-state index < -0.39 is 16.1 Å². The number of amides is 2. The van der Waals surface area contributed by atoms with Crippen molar-refractivity contribution in [3.63, 3.8) is 0 Å². The Morgan fingerprint density at radius 1 is 1.05 bits per heavy atom. The number of benzene rings is 2. The van der Waals surface area contributed by atoms with E-state index in [0.717, 1.165) is 42.4 Å². The lowest BCUT2D eigenvalue weighted by Gasteiger charge is -2.31. The lowest BCUT2D eigenvalue weighted by Crippen LogP contribution is -2.50. The highest BCUT2D eigenvalue weighted by Crippen LogP contribution is 2.25. The number of sulfonamides is 1. The van der Waals surface area contributed by atoms with E-state index in [1.54, 1.807) is 18.9 Å². The van der Waals surface area contributed by atoms with Crippen LogP contribution in [0.4, 0.5) is 5.69 Å². The van der Waals surface area contributed by atoms with Crippen molar-refractivity contribution in [2.75, 3.05) is 24.2 Å². The molecular weight excluding hydrogens is 514 g/mol. The maximum Gasteiger partial charge on any atom is 0.242 e. The van der Waals surface area contributed by atoms with Gasteiger partial charge in [-0.2, -0.15) is 0 Å². The minimum absolute atomic E-state index is 0.119. The summed E-state index contributed by atoms with van der Waals surface area (Å²) < 4.78 is 31.9. The number of hydrogen-bond donors (Lipinski definition) is 1. The van der Waals surface area contributed by atoms with Crippen molar-refractivity contribution >= 4 is 27.5 Å². The van der Waals surface area contributed by atoms with Crippen LogP contribution in [0.25, 0.3) is 0 Å². The Balaban J connectivity index is 1.74. The molecule has 0 aliphatic heterocycles. The molecule has 2 amide bonds. The summed E-state index contributed by atoms with van der Waals surface area (Å²) in [5.74, 6) is 0.371. The molecule has 0 aromatic heterocycles. The van der Waals surface area contributed by atoms with E-state index in [2.05, 4.69) is 5.32 Å². The first kappa shape index (κ1) is 30.5. The topological polar surface area (TPSA) is 96.0 Å². The quantitative estimate of drug-likeness (QED) is 0.407. The second kappa shape index (κ2) is 13.8. The van der Waals surface area contributed by atoms with Crippen molar-refractivity contribution in [1.82, 2.24) is 10.2 Å². The van der Waals surface area contributed by atoms with Gasteiger partial charge in [-0.3, -0.25) is 13.9 Å². The van der Waals surface area contributed by atoms with E-state index >= 15 is 0 Å². The molecule has 1 saturated carbocycles. The molecule has 3 rings (SSSR count). The molecule has 0 spiro atoms. The number of ether oxygens (including phenoxy) is 1. The summed E-state index contributed by atoms with van der Waals surface area (Å²) in [5.41, 5.74) is 3.32. The van der Waals surface area contributed by atoms with Crippen LogP contribution >= 0.6 is 0 Å². The normalized spacial score (nSPS) is 14.9. The van der Waals surface area contributed by atoms with E-state index in [4.69, 9.17) is 4.74 Å². The van der Waals surface area contributed by atoms with E-state index in [1.807, 2.05) is 56.3 Å². The monoisotopic (exact) mass is 557 g/mol. The summed E-state index contributed by atoms with van der Waals surface area (Å²) >= 11 is 0. The van der Waals surface area contributed by atoms with Crippen LogP contribution in [-0.4, -0.2) is 57.1 Å². The minimum atomic E-state index is -3.54. The van der Waals surface area contributed by atoms with Crippen molar-refractivity contribution in [3.05, 3.63) is 59.2 Å². The highest BCUT2D eigenvalue weighted by Gasteiger charge is 2.28. The third kappa shape index (κ3) is 8.71. The lowest BCUT2D eigenvalue weighted by molar-refractivity contribution is -0.141. The first-order chi connectivity index (χ1) is 18.5. The molecule has 2 aromatic rings. The van der Waals surface area contributed by atoms with E-state index in [9.17, 15) is 18.0 Å². The van der Waals surface area contributed by atoms with Gasteiger partial charge in [-0.15, -0.1) is 0 Å². The summed E-state index contributed by atoms with van der Waals surface area (Å²) in [6, 6.07) is 12.6. The molecule has 39 heavy (non-hydrogen) atoms. The molecule has 0 heterocycles.